The number of rotatable bonds is 7. The zero-order valence-corrected chi connectivity index (χ0v) is 18.1. The van der Waals surface area contributed by atoms with Crippen molar-refractivity contribution < 1.29 is 22.1 Å². The molecule has 29 heavy (non-hydrogen) atoms. The first kappa shape index (κ1) is 20.9. The zero-order valence-electron chi connectivity index (χ0n) is 15.7. The lowest BCUT2D eigenvalue weighted by Crippen LogP contribution is -2.09. The molecule has 0 saturated heterocycles. The fourth-order valence-electron chi connectivity index (χ4n) is 2.46. The van der Waals surface area contributed by atoms with Gasteiger partial charge in [-0.05, 0) is 66.7 Å². The van der Waals surface area contributed by atoms with Gasteiger partial charge in [0.2, 0.25) is 0 Å². The lowest BCUT2D eigenvalue weighted by atomic mass is 10.2. The van der Waals surface area contributed by atoms with Crippen molar-refractivity contribution in [1.29, 1.82) is 0 Å². The van der Waals surface area contributed by atoms with E-state index in [0.29, 0.717) is 17.2 Å². The molecule has 0 amide bonds. The second-order valence-electron chi connectivity index (χ2n) is 5.85. The Kier molecular flexibility index (Phi) is 6.56. The van der Waals surface area contributed by atoms with E-state index < -0.39 is 10.1 Å². The van der Waals surface area contributed by atoms with Crippen molar-refractivity contribution in [2.75, 3.05) is 14.2 Å². The molecule has 3 rings (SSSR count). The summed E-state index contributed by atoms with van der Waals surface area (Å²) in [5.74, 6) is 1.45. The van der Waals surface area contributed by atoms with E-state index in [9.17, 15) is 8.42 Å². The van der Waals surface area contributed by atoms with Crippen LogP contribution in [0.25, 0.3) is 0 Å². The molecule has 0 N–H and O–H groups in total. The van der Waals surface area contributed by atoms with Crippen LogP contribution in [0.4, 0.5) is 5.69 Å². The monoisotopic (exact) mass is 475 g/mol. The largest absolute Gasteiger partial charge is 0.497 e. The summed E-state index contributed by atoms with van der Waals surface area (Å²) in [6, 6.07) is 18.0. The highest BCUT2D eigenvalue weighted by Gasteiger charge is 2.16. The van der Waals surface area contributed by atoms with Crippen LogP contribution in [0.15, 0.2) is 81.1 Å². The molecular weight excluding hydrogens is 458 g/mol. The van der Waals surface area contributed by atoms with Gasteiger partial charge in [-0.2, -0.15) is 8.42 Å². The van der Waals surface area contributed by atoms with E-state index in [2.05, 4.69) is 20.9 Å². The molecule has 0 aromatic heterocycles. The van der Waals surface area contributed by atoms with Crippen LogP contribution in [-0.4, -0.2) is 28.9 Å². The fourth-order valence-corrected chi connectivity index (χ4v) is 3.76. The molecule has 3 aromatic carbocycles. The lowest BCUT2D eigenvalue weighted by molar-refractivity contribution is 0.414. The highest BCUT2D eigenvalue weighted by molar-refractivity contribution is 9.10. The number of aliphatic imine (C=N–C) groups is 1. The molecular formula is C21H18BrNO5S. The molecule has 0 unspecified atom stereocenters. The molecule has 0 heterocycles. The van der Waals surface area contributed by atoms with Gasteiger partial charge in [-0.25, -0.2) is 0 Å². The maximum absolute atomic E-state index is 12.4. The smallest absolute Gasteiger partial charge is 0.339 e. The Balaban J connectivity index is 1.74. The summed E-state index contributed by atoms with van der Waals surface area (Å²) in [6.45, 7) is 0. The number of halogens is 1. The molecule has 0 spiro atoms. The van der Waals surface area contributed by atoms with Gasteiger partial charge in [-0.3, -0.25) is 4.99 Å². The van der Waals surface area contributed by atoms with E-state index >= 15 is 0 Å². The van der Waals surface area contributed by atoms with Crippen LogP contribution in [0.5, 0.6) is 17.2 Å². The molecule has 0 radical (unpaired) electrons. The maximum atomic E-state index is 12.4. The number of hydrogen-bond acceptors (Lipinski definition) is 6. The van der Waals surface area contributed by atoms with Crippen LogP contribution < -0.4 is 13.7 Å². The van der Waals surface area contributed by atoms with Crippen LogP contribution in [-0.2, 0) is 10.1 Å². The van der Waals surface area contributed by atoms with Crippen molar-refractivity contribution in [3.63, 3.8) is 0 Å². The van der Waals surface area contributed by atoms with Crippen LogP contribution in [0.3, 0.4) is 0 Å². The average Bonchev–Trinajstić information content (AvgIpc) is 2.73. The average molecular weight is 476 g/mol. The molecule has 0 bridgehead atoms. The van der Waals surface area contributed by atoms with E-state index in [1.165, 1.54) is 19.2 Å². The SMILES string of the molecule is COc1ccc(S(=O)(=O)Oc2ccc(N=Cc3cc(Br)ccc3OC)cc2)cc1. The number of hydrogen-bond donors (Lipinski definition) is 0. The molecule has 6 nitrogen and oxygen atoms in total. The maximum Gasteiger partial charge on any atom is 0.339 e. The summed E-state index contributed by atoms with van der Waals surface area (Å²) in [5, 5.41) is 0. The summed E-state index contributed by atoms with van der Waals surface area (Å²) in [7, 11) is -0.832. The van der Waals surface area contributed by atoms with E-state index in [-0.39, 0.29) is 10.6 Å². The first-order chi connectivity index (χ1) is 13.9. The van der Waals surface area contributed by atoms with Crippen molar-refractivity contribution in [3.8, 4) is 17.2 Å². The highest BCUT2D eigenvalue weighted by atomic mass is 79.9. The molecule has 0 saturated carbocycles. The Morgan fingerprint density at radius 3 is 2.14 bits per heavy atom. The number of nitrogens with zero attached hydrogens (tertiary/aromatic N) is 1. The molecule has 0 aliphatic heterocycles. The third kappa shape index (κ3) is 5.36. The van der Waals surface area contributed by atoms with Gasteiger partial charge >= 0.3 is 10.1 Å². The minimum Gasteiger partial charge on any atom is -0.497 e. The summed E-state index contributed by atoms with van der Waals surface area (Å²) in [6.07, 6.45) is 1.67. The van der Waals surface area contributed by atoms with E-state index in [4.69, 9.17) is 13.7 Å². The predicted octanol–water partition coefficient (Wildman–Crippen LogP) is 4.98. The molecule has 0 atom stereocenters. The van der Waals surface area contributed by atoms with Crippen molar-refractivity contribution in [1.82, 2.24) is 0 Å². The van der Waals surface area contributed by atoms with Gasteiger partial charge in [-0.1, -0.05) is 15.9 Å². The number of methoxy groups -OCH3 is 2. The van der Waals surface area contributed by atoms with Gasteiger partial charge in [0.05, 0.1) is 19.9 Å². The summed E-state index contributed by atoms with van der Waals surface area (Å²) in [5.41, 5.74) is 1.45. The lowest BCUT2D eigenvalue weighted by Gasteiger charge is -2.08. The van der Waals surface area contributed by atoms with E-state index in [0.717, 1.165) is 10.0 Å². The topological polar surface area (TPSA) is 74.2 Å². The van der Waals surface area contributed by atoms with Gasteiger partial charge in [0.1, 0.15) is 22.1 Å². The standard InChI is InChI=1S/C21H18BrNO5S/c1-26-18-8-10-20(11-9-18)29(24,25)28-19-6-4-17(5-7-19)23-14-15-13-16(22)3-12-21(15)27-2/h3-14H,1-2H3. The summed E-state index contributed by atoms with van der Waals surface area (Å²) < 4.78 is 41.2. The quantitative estimate of drug-likeness (QED) is 0.355. The van der Waals surface area contributed by atoms with Crippen molar-refractivity contribution >= 4 is 38.0 Å². The Labute approximate surface area is 178 Å². The molecule has 8 heteroatoms. The van der Waals surface area contributed by atoms with Crippen LogP contribution in [0.1, 0.15) is 5.56 Å². The minimum atomic E-state index is -3.94. The van der Waals surface area contributed by atoms with Gasteiger partial charge in [0.15, 0.2) is 0 Å². The molecule has 0 aliphatic rings. The molecule has 150 valence electrons. The van der Waals surface area contributed by atoms with Gasteiger partial charge in [-0.15, -0.1) is 0 Å². The minimum absolute atomic E-state index is 0.0437. The van der Waals surface area contributed by atoms with E-state index in [1.54, 1.807) is 49.7 Å². The van der Waals surface area contributed by atoms with Crippen molar-refractivity contribution in [3.05, 3.63) is 76.8 Å². The molecule has 3 aromatic rings. The highest BCUT2D eigenvalue weighted by Crippen LogP contribution is 2.25. The zero-order chi connectivity index (χ0) is 20.9. The number of benzene rings is 3. The second kappa shape index (κ2) is 9.11. The molecule has 0 aliphatic carbocycles. The van der Waals surface area contributed by atoms with Gasteiger partial charge in [0.25, 0.3) is 0 Å². The Morgan fingerprint density at radius 2 is 1.52 bits per heavy atom. The van der Waals surface area contributed by atoms with Crippen LogP contribution in [0, 0.1) is 0 Å². The fraction of sp³-hybridized carbons (Fsp3) is 0.0952. The van der Waals surface area contributed by atoms with Crippen molar-refractivity contribution in [2.24, 2.45) is 4.99 Å². The summed E-state index contributed by atoms with van der Waals surface area (Å²) in [4.78, 5) is 4.44. The molecule has 0 fully saturated rings. The second-order valence-corrected chi connectivity index (χ2v) is 8.31. The van der Waals surface area contributed by atoms with E-state index in [1.807, 2.05) is 18.2 Å². The normalized spacial score (nSPS) is 11.4. The Hall–Kier alpha value is -2.84. The predicted molar refractivity (Wildman–Crippen MR) is 115 cm³/mol. The number of ether oxygens (including phenoxy) is 2. The van der Waals surface area contributed by atoms with Crippen LogP contribution in [0.2, 0.25) is 0 Å². The Bertz CT molecular complexity index is 1110. The third-order valence-electron chi connectivity index (χ3n) is 3.94. The first-order valence-electron chi connectivity index (χ1n) is 8.47. The van der Waals surface area contributed by atoms with Crippen molar-refractivity contribution in [2.45, 2.75) is 4.90 Å². The summed E-state index contributed by atoms with van der Waals surface area (Å²) >= 11 is 3.42. The van der Waals surface area contributed by atoms with Gasteiger partial charge in [0, 0.05) is 16.3 Å². The van der Waals surface area contributed by atoms with Gasteiger partial charge < -0.3 is 13.7 Å². The third-order valence-corrected chi connectivity index (χ3v) is 5.69. The van der Waals surface area contributed by atoms with Crippen LogP contribution >= 0.6 is 15.9 Å². The Morgan fingerprint density at radius 1 is 0.862 bits per heavy atom. The first-order valence-corrected chi connectivity index (χ1v) is 10.7.